The fraction of sp³-hybridized carbons (Fsp3) is 0.400. The summed E-state index contributed by atoms with van der Waals surface area (Å²) >= 11 is 0. The average molecular weight is 160 g/mol. The van der Waals surface area contributed by atoms with Crippen LogP contribution in [0, 0.1) is 0 Å². The van der Waals surface area contributed by atoms with Gasteiger partial charge in [0.25, 0.3) is 0 Å². The van der Waals surface area contributed by atoms with Gasteiger partial charge in [0.05, 0.1) is 6.20 Å². The van der Waals surface area contributed by atoms with E-state index in [9.17, 15) is 8.42 Å². The SMILES string of the molecule is Cn1nccc1S(C)(=O)=O. The normalized spacial score (nSPS) is 11.8. The zero-order valence-corrected chi connectivity index (χ0v) is 6.59. The van der Waals surface area contributed by atoms with E-state index in [1.807, 2.05) is 0 Å². The second kappa shape index (κ2) is 2.09. The lowest BCUT2D eigenvalue weighted by Gasteiger charge is -1.95. The largest absolute Gasteiger partial charge is 0.257 e. The molecule has 0 aromatic carbocycles. The molecule has 0 unspecified atom stereocenters. The van der Waals surface area contributed by atoms with E-state index >= 15 is 0 Å². The third kappa shape index (κ3) is 1.18. The van der Waals surface area contributed by atoms with Gasteiger partial charge in [-0.2, -0.15) is 5.10 Å². The molecule has 1 aromatic heterocycles. The highest BCUT2D eigenvalue weighted by Gasteiger charge is 2.09. The molecule has 0 aliphatic carbocycles. The van der Waals surface area contributed by atoms with Crippen LogP contribution in [0.5, 0.6) is 0 Å². The Morgan fingerprint density at radius 2 is 2.20 bits per heavy atom. The summed E-state index contributed by atoms with van der Waals surface area (Å²) in [6.45, 7) is 0. The molecule has 0 N–H and O–H groups in total. The molecule has 5 heteroatoms. The molecule has 0 saturated carbocycles. The van der Waals surface area contributed by atoms with Gasteiger partial charge in [0.2, 0.25) is 0 Å². The van der Waals surface area contributed by atoms with Crippen molar-refractivity contribution in [1.29, 1.82) is 0 Å². The number of aromatic nitrogens is 2. The number of hydrogen-bond acceptors (Lipinski definition) is 3. The van der Waals surface area contributed by atoms with E-state index in [-0.39, 0.29) is 5.03 Å². The standard InChI is InChI=1S/C5H8N2O2S/c1-7-5(3-4-6-7)10(2,8)9/h3-4H,1-2H3. The predicted octanol–water partition coefficient (Wildman–Crippen LogP) is -0.176. The number of hydrogen-bond donors (Lipinski definition) is 0. The highest BCUT2D eigenvalue weighted by molar-refractivity contribution is 7.90. The minimum Gasteiger partial charge on any atom is -0.257 e. The second-order valence-electron chi connectivity index (χ2n) is 2.07. The first-order valence-electron chi connectivity index (χ1n) is 2.70. The van der Waals surface area contributed by atoms with Gasteiger partial charge in [-0.3, -0.25) is 4.68 Å². The van der Waals surface area contributed by atoms with Crippen molar-refractivity contribution in [1.82, 2.24) is 9.78 Å². The van der Waals surface area contributed by atoms with E-state index in [1.54, 1.807) is 7.05 Å². The summed E-state index contributed by atoms with van der Waals surface area (Å²) in [4.78, 5) is 0. The van der Waals surface area contributed by atoms with Crippen LogP contribution in [-0.2, 0) is 16.9 Å². The molecule has 0 radical (unpaired) electrons. The Morgan fingerprint density at radius 1 is 1.60 bits per heavy atom. The summed E-state index contributed by atoms with van der Waals surface area (Å²) < 4.78 is 23.0. The van der Waals surface area contributed by atoms with Crippen LogP contribution in [0.4, 0.5) is 0 Å². The maximum absolute atomic E-state index is 10.9. The molecule has 10 heavy (non-hydrogen) atoms. The highest BCUT2D eigenvalue weighted by atomic mass is 32.2. The summed E-state index contributed by atoms with van der Waals surface area (Å²) in [7, 11) is -1.50. The highest BCUT2D eigenvalue weighted by Crippen LogP contribution is 2.04. The van der Waals surface area contributed by atoms with Crippen LogP contribution in [0.3, 0.4) is 0 Å². The van der Waals surface area contributed by atoms with Crippen LogP contribution < -0.4 is 0 Å². The fourth-order valence-electron chi connectivity index (χ4n) is 0.725. The lowest BCUT2D eigenvalue weighted by Crippen LogP contribution is -2.04. The molecular weight excluding hydrogens is 152 g/mol. The van der Waals surface area contributed by atoms with Gasteiger partial charge in [0.15, 0.2) is 14.9 Å². The molecule has 0 atom stereocenters. The Hall–Kier alpha value is -0.840. The Morgan fingerprint density at radius 3 is 2.40 bits per heavy atom. The van der Waals surface area contributed by atoms with Crippen molar-refractivity contribution in [3.8, 4) is 0 Å². The maximum atomic E-state index is 10.9. The molecule has 0 fully saturated rings. The Kier molecular flexibility index (Phi) is 1.52. The van der Waals surface area contributed by atoms with Crippen LogP contribution >= 0.6 is 0 Å². The van der Waals surface area contributed by atoms with Gasteiger partial charge in [-0.05, 0) is 6.07 Å². The van der Waals surface area contributed by atoms with Gasteiger partial charge in [-0.15, -0.1) is 0 Å². The van der Waals surface area contributed by atoms with Gasteiger partial charge in [0.1, 0.15) is 0 Å². The van der Waals surface area contributed by atoms with Crippen molar-refractivity contribution < 1.29 is 8.42 Å². The van der Waals surface area contributed by atoms with Gasteiger partial charge in [0, 0.05) is 13.3 Å². The minimum absolute atomic E-state index is 0.243. The molecule has 56 valence electrons. The van der Waals surface area contributed by atoms with Crippen molar-refractivity contribution in [2.24, 2.45) is 7.05 Å². The van der Waals surface area contributed by atoms with E-state index < -0.39 is 9.84 Å². The Balaban J connectivity index is 3.32. The van der Waals surface area contributed by atoms with E-state index in [0.717, 1.165) is 6.26 Å². The van der Waals surface area contributed by atoms with Crippen LogP contribution in [0.15, 0.2) is 17.3 Å². The van der Waals surface area contributed by atoms with E-state index in [1.165, 1.54) is 16.9 Å². The monoisotopic (exact) mass is 160 g/mol. The Labute approximate surface area is 59.4 Å². The molecule has 0 amide bonds. The number of aryl methyl sites for hydroxylation is 1. The topological polar surface area (TPSA) is 52.0 Å². The predicted molar refractivity (Wildman–Crippen MR) is 36.3 cm³/mol. The zero-order valence-electron chi connectivity index (χ0n) is 5.77. The van der Waals surface area contributed by atoms with Crippen molar-refractivity contribution >= 4 is 9.84 Å². The van der Waals surface area contributed by atoms with Gasteiger partial charge >= 0.3 is 0 Å². The van der Waals surface area contributed by atoms with Gasteiger partial charge in [-0.1, -0.05) is 0 Å². The third-order valence-corrected chi connectivity index (χ3v) is 2.32. The number of sulfone groups is 1. The number of nitrogens with zero attached hydrogens (tertiary/aromatic N) is 2. The molecular formula is C5H8N2O2S. The molecule has 0 bridgehead atoms. The van der Waals surface area contributed by atoms with E-state index in [4.69, 9.17) is 0 Å². The zero-order chi connectivity index (χ0) is 7.78. The van der Waals surface area contributed by atoms with E-state index in [2.05, 4.69) is 5.10 Å². The van der Waals surface area contributed by atoms with Gasteiger partial charge < -0.3 is 0 Å². The lowest BCUT2D eigenvalue weighted by atomic mass is 10.7. The molecule has 1 heterocycles. The molecule has 1 aromatic rings. The molecule has 0 spiro atoms. The van der Waals surface area contributed by atoms with Crippen LogP contribution in [0.25, 0.3) is 0 Å². The summed E-state index contributed by atoms with van der Waals surface area (Å²) in [6.07, 6.45) is 2.61. The fourth-order valence-corrected chi connectivity index (χ4v) is 1.56. The van der Waals surface area contributed by atoms with Crippen LogP contribution in [-0.4, -0.2) is 24.5 Å². The van der Waals surface area contributed by atoms with Crippen molar-refractivity contribution in [2.75, 3.05) is 6.26 Å². The smallest absolute Gasteiger partial charge is 0.192 e. The first-order chi connectivity index (χ1) is 4.52. The molecule has 4 nitrogen and oxygen atoms in total. The van der Waals surface area contributed by atoms with E-state index in [0.29, 0.717) is 0 Å². The summed E-state index contributed by atoms with van der Waals surface area (Å²) in [5.41, 5.74) is 0. The summed E-state index contributed by atoms with van der Waals surface area (Å²) in [5, 5.41) is 3.96. The minimum atomic E-state index is -3.09. The third-order valence-electron chi connectivity index (χ3n) is 1.16. The van der Waals surface area contributed by atoms with Crippen LogP contribution in [0.1, 0.15) is 0 Å². The molecule has 0 aliphatic heterocycles. The average Bonchev–Trinajstić information content (AvgIpc) is 2.11. The first-order valence-corrected chi connectivity index (χ1v) is 4.59. The number of rotatable bonds is 1. The van der Waals surface area contributed by atoms with Gasteiger partial charge in [-0.25, -0.2) is 8.42 Å². The quantitative estimate of drug-likeness (QED) is 0.572. The van der Waals surface area contributed by atoms with Crippen molar-refractivity contribution in [2.45, 2.75) is 5.03 Å². The molecule has 1 rings (SSSR count). The van der Waals surface area contributed by atoms with Crippen molar-refractivity contribution in [3.05, 3.63) is 12.3 Å². The summed E-state index contributed by atoms with van der Waals surface area (Å²) in [5.74, 6) is 0. The lowest BCUT2D eigenvalue weighted by molar-refractivity contribution is 0.582. The van der Waals surface area contributed by atoms with Crippen molar-refractivity contribution in [3.63, 3.8) is 0 Å². The molecule has 0 saturated heterocycles. The van der Waals surface area contributed by atoms with Crippen LogP contribution in [0.2, 0.25) is 0 Å². The first kappa shape index (κ1) is 7.27. The second-order valence-corrected chi connectivity index (χ2v) is 4.03. The maximum Gasteiger partial charge on any atom is 0.192 e. The summed E-state index contributed by atoms with van der Waals surface area (Å²) in [6, 6.07) is 1.47. The molecule has 0 aliphatic rings. The Bertz CT molecular complexity index is 325.